The van der Waals surface area contributed by atoms with Gasteiger partial charge in [0, 0.05) is 43.8 Å². The van der Waals surface area contributed by atoms with Crippen LogP contribution >= 0.6 is 0 Å². The lowest BCUT2D eigenvalue weighted by Crippen LogP contribution is -2.34. The molecule has 2 fully saturated rings. The summed E-state index contributed by atoms with van der Waals surface area (Å²) in [4.78, 5) is 21.8. The minimum Gasteiger partial charge on any atom is -0.372 e. The number of hydrogen-bond acceptors (Lipinski definition) is 4. The van der Waals surface area contributed by atoms with Crippen LogP contribution in [0.25, 0.3) is 0 Å². The van der Waals surface area contributed by atoms with E-state index in [4.69, 9.17) is 0 Å². The lowest BCUT2D eigenvalue weighted by atomic mass is 10.0. The molecule has 1 atom stereocenters. The molecular formula is C23H30N4O. The maximum atomic E-state index is 12.6. The third kappa shape index (κ3) is 4.46. The van der Waals surface area contributed by atoms with E-state index in [2.05, 4.69) is 39.2 Å². The minimum absolute atomic E-state index is 0.114. The second kappa shape index (κ2) is 8.63. The Morgan fingerprint density at radius 3 is 2.39 bits per heavy atom. The summed E-state index contributed by atoms with van der Waals surface area (Å²) in [7, 11) is 0. The first-order chi connectivity index (χ1) is 13.7. The highest BCUT2D eigenvalue weighted by molar-refractivity contribution is 6.04. The summed E-state index contributed by atoms with van der Waals surface area (Å²) in [5.74, 6) is 1.55. The molecule has 4 rings (SSSR count). The molecule has 0 saturated carbocycles. The zero-order chi connectivity index (χ0) is 19.3. The van der Waals surface area contributed by atoms with Crippen molar-refractivity contribution in [3.05, 3.63) is 48.2 Å². The Balaban J connectivity index is 1.36. The summed E-state index contributed by atoms with van der Waals surface area (Å²) in [5.41, 5.74) is 2.65. The lowest BCUT2D eigenvalue weighted by molar-refractivity contribution is 0.102. The molecule has 0 aliphatic carbocycles. The Hall–Kier alpha value is -2.56. The fourth-order valence-electron chi connectivity index (χ4n) is 4.22. The molecule has 1 aromatic carbocycles. The second-order valence-corrected chi connectivity index (χ2v) is 8.15. The van der Waals surface area contributed by atoms with Crippen LogP contribution in [0.2, 0.25) is 0 Å². The van der Waals surface area contributed by atoms with Gasteiger partial charge in [-0.25, -0.2) is 4.98 Å². The van der Waals surface area contributed by atoms with Gasteiger partial charge < -0.3 is 15.1 Å². The summed E-state index contributed by atoms with van der Waals surface area (Å²) in [6, 6.07) is 12.0. The number of benzene rings is 1. The number of carbonyl (C=O) groups is 1. The molecule has 0 spiro atoms. The van der Waals surface area contributed by atoms with Gasteiger partial charge in [-0.2, -0.15) is 0 Å². The lowest BCUT2D eigenvalue weighted by Gasteiger charge is -2.31. The van der Waals surface area contributed by atoms with Gasteiger partial charge in [0.05, 0.1) is 5.56 Å². The molecular weight excluding hydrogens is 348 g/mol. The molecule has 148 valence electrons. The maximum Gasteiger partial charge on any atom is 0.257 e. The van der Waals surface area contributed by atoms with E-state index in [9.17, 15) is 4.79 Å². The fourth-order valence-corrected chi connectivity index (χ4v) is 4.22. The van der Waals surface area contributed by atoms with Crippen LogP contribution < -0.4 is 15.1 Å². The van der Waals surface area contributed by atoms with Crippen molar-refractivity contribution in [1.82, 2.24) is 4.98 Å². The van der Waals surface area contributed by atoms with Gasteiger partial charge in [-0.05, 0) is 74.4 Å². The van der Waals surface area contributed by atoms with Crippen LogP contribution in [0.4, 0.5) is 17.2 Å². The molecule has 2 aliphatic heterocycles. The minimum atomic E-state index is -0.114. The van der Waals surface area contributed by atoms with Gasteiger partial charge in [0.25, 0.3) is 5.91 Å². The van der Waals surface area contributed by atoms with Crippen molar-refractivity contribution in [2.75, 3.05) is 41.3 Å². The summed E-state index contributed by atoms with van der Waals surface area (Å²) < 4.78 is 0. The van der Waals surface area contributed by atoms with E-state index in [1.807, 2.05) is 24.3 Å². The van der Waals surface area contributed by atoms with Gasteiger partial charge in [0.2, 0.25) is 0 Å². The molecule has 3 heterocycles. The van der Waals surface area contributed by atoms with Crippen molar-refractivity contribution in [3.8, 4) is 0 Å². The van der Waals surface area contributed by atoms with Crippen LogP contribution in [0.5, 0.6) is 0 Å². The van der Waals surface area contributed by atoms with Crippen molar-refractivity contribution in [1.29, 1.82) is 0 Å². The van der Waals surface area contributed by atoms with Crippen molar-refractivity contribution in [2.24, 2.45) is 5.92 Å². The fraction of sp³-hybridized carbons (Fsp3) is 0.478. The Kier molecular flexibility index (Phi) is 5.79. The highest BCUT2D eigenvalue weighted by Gasteiger charge is 2.18. The highest BCUT2D eigenvalue weighted by atomic mass is 16.1. The molecule has 1 N–H and O–H groups in total. The quantitative estimate of drug-likeness (QED) is 0.847. The first-order valence-corrected chi connectivity index (χ1v) is 10.6. The third-order valence-electron chi connectivity index (χ3n) is 5.84. The zero-order valence-corrected chi connectivity index (χ0v) is 16.7. The Labute approximate surface area is 167 Å². The predicted octanol–water partition coefficient (Wildman–Crippen LogP) is 4.56. The highest BCUT2D eigenvalue weighted by Crippen LogP contribution is 2.23. The number of nitrogens with one attached hydrogen (secondary N) is 1. The number of anilines is 3. The molecule has 1 unspecified atom stereocenters. The SMILES string of the molecule is CC1CCCN(c2ccc(C(=O)Nc3ccc(N4CCCCC4)cc3)cn2)C1. The van der Waals surface area contributed by atoms with Crippen molar-refractivity contribution < 1.29 is 4.79 Å². The molecule has 2 saturated heterocycles. The van der Waals surface area contributed by atoms with E-state index in [0.29, 0.717) is 11.5 Å². The topological polar surface area (TPSA) is 48.5 Å². The molecule has 5 heteroatoms. The molecule has 1 aromatic heterocycles. The average Bonchev–Trinajstić information content (AvgIpc) is 2.75. The second-order valence-electron chi connectivity index (χ2n) is 8.15. The van der Waals surface area contributed by atoms with Gasteiger partial charge >= 0.3 is 0 Å². The Bertz CT molecular complexity index is 781. The van der Waals surface area contributed by atoms with Gasteiger partial charge in [-0.1, -0.05) is 6.92 Å². The van der Waals surface area contributed by atoms with Crippen LogP contribution in [0.15, 0.2) is 42.6 Å². The number of rotatable bonds is 4. The van der Waals surface area contributed by atoms with E-state index >= 15 is 0 Å². The normalized spacial score (nSPS) is 20.1. The average molecular weight is 379 g/mol. The number of carbonyl (C=O) groups excluding carboxylic acids is 1. The summed E-state index contributed by atoms with van der Waals surface area (Å²) in [6.45, 7) is 6.62. The molecule has 1 amide bonds. The van der Waals surface area contributed by atoms with Gasteiger partial charge in [-0.3, -0.25) is 4.79 Å². The molecule has 0 radical (unpaired) electrons. The third-order valence-corrected chi connectivity index (χ3v) is 5.84. The largest absolute Gasteiger partial charge is 0.372 e. The van der Waals surface area contributed by atoms with Crippen LogP contribution in [-0.2, 0) is 0 Å². The maximum absolute atomic E-state index is 12.6. The number of pyridine rings is 1. The van der Waals surface area contributed by atoms with Crippen molar-refractivity contribution in [2.45, 2.75) is 39.0 Å². The van der Waals surface area contributed by atoms with Gasteiger partial charge in [0.15, 0.2) is 0 Å². The Morgan fingerprint density at radius 2 is 1.71 bits per heavy atom. The first kappa shape index (κ1) is 18.8. The molecule has 5 nitrogen and oxygen atoms in total. The zero-order valence-electron chi connectivity index (χ0n) is 16.7. The Morgan fingerprint density at radius 1 is 0.964 bits per heavy atom. The summed E-state index contributed by atoms with van der Waals surface area (Å²) >= 11 is 0. The van der Waals surface area contributed by atoms with Crippen LogP contribution in [-0.4, -0.2) is 37.1 Å². The molecule has 28 heavy (non-hydrogen) atoms. The monoisotopic (exact) mass is 378 g/mol. The van der Waals surface area contributed by atoms with Crippen LogP contribution in [0, 0.1) is 5.92 Å². The molecule has 2 aliphatic rings. The van der Waals surface area contributed by atoms with Gasteiger partial charge in [-0.15, -0.1) is 0 Å². The van der Waals surface area contributed by atoms with Crippen LogP contribution in [0.1, 0.15) is 49.4 Å². The van der Waals surface area contributed by atoms with E-state index in [-0.39, 0.29) is 5.91 Å². The van der Waals surface area contributed by atoms with E-state index in [1.165, 1.54) is 37.8 Å². The van der Waals surface area contributed by atoms with Crippen LogP contribution in [0.3, 0.4) is 0 Å². The smallest absolute Gasteiger partial charge is 0.257 e. The number of piperidine rings is 2. The number of hydrogen-bond donors (Lipinski definition) is 1. The number of amides is 1. The van der Waals surface area contributed by atoms with E-state index in [0.717, 1.165) is 37.7 Å². The molecule has 0 bridgehead atoms. The van der Waals surface area contributed by atoms with Gasteiger partial charge in [0.1, 0.15) is 5.82 Å². The number of aromatic nitrogens is 1. The van der Waals surface area contributed by atoms with Crippen molar-refractivity contribution in [3.63, 3.8) is 0 Å². The van der Waals surface area contributed by atoms with E-state index in [1.54, 1.807) is 6.20 Å². The standard InChI is InChI=1S/C23H30N4O/c1-18-6-5-15-27(17-18)22-12-7-19(16-24-22)23(28)25-20-8-10-21(11-9-20)26-13-3-2-4-14-26/h7-12,16,18H,2-6,13-15,17H2,1H3,(H,25,28). The summed E-state index contributed by atoms with van der Waals surface area (Å²) in [6.07, 6.45) is 8.03. The molecule has 2 aromatic rings. The predicted molar refractivity (Wildman–Crippen MR) is 115 cm³/mol. The van der Waals surface area contributed by atoms with Crippen molar-refractivity contribution >= 4 is 23.1 Å². The number of nitrogens with zero attached hydrogens (tertiary/aromatic N) is 3. The first-order valence-electron chi connectivity index (χ1n) is 10.6. The summed E-state index contributed by atoms with van der Waals surface area (Å²) in [5, 5.41) is 2.98. The van der Waals surface area contributed by atoms with E-state index < -0.39 is 0 Å².